The second-order valence-electron chi connectivity index (χ2n) is 9.48. The van der Waals surface area contributed by atoms with Crippen LogP contribution in [-0.4, -0.2) is 20.8 Å². The molecule has 0 aromatic rings. The molecule has 142 valence electrons. The molecule has 0 aromatic carbocycles. The van der Waals surface area contributed by atoms with Crippen molar-refractivity contribution in [2.24, 2.45) is 35.0 Å². The summed E-state index contributed by atoms with van der Waals surface area (Å²) in [4.78, 5) is 0. The van der Waals surface area contributed by atoms with E-state index in [4.69, 9.17) is 4.18 Å². The normalized spacial score (nSPS) is 48.7. The van der Waals surface area contributed by atoms with E-state index in [1.807, 2.05) is 0 Å². The van der Waals surface area contributed by atoms with E-state index in [9.17, 15) is 8.42 Å². The molecule has 3 nitrogen and oxygen atoms in total. The first-order valence-electron chi connectivity index (χ1n) is 10.4. The lowest BCUT2D eigenvalue weighted by atomic mass is 9.50. The van der Waals surface area contributed by atoms with E-state index < -0.39 is 10.1 Å². The van der Waals surface area contributed by atoms with Crippen LogP contribution in [0.25, 0.3) is 0 Å². The number of hydrogen-bond acceptors (Lipinski definition) is 3. The van der Waals surface area contributed by atoms with Crippen molar-refractivity contribution in [2.75, 3.05) is 6.26 Å². The minimum Gasteiger partial charge on any atom is -0.267 e. The Morgan fingerprint density at radius 2 is 1.80 bits per heavy atom. The molecule has 4 heteroatoms. The van der Waals surface area contributed by atoms with Crippen molar-refractivity contribution in [3.63, 3.8) is 0 Å². The van der Waals surface area contributed by atoms with Gasteiger partial charge in [-0.25, -0.2) is 0 Å². The molecule has 0 spiro atoms. The fourth-order valence-electron chi connectivity index (χ4n) is 7.47. The minimum absolute atomic E-state index is 0.0669. The topological polar surface area (TPSA) is 43.4 Å². The number of hydrogen-bond donors (Lipinski definition) is 0. The molecule has 25 heavy (non-hydrogen) atoms. The molecule has 7 atom stereocenters. The maximum Gasteiger partial charge on any atom is 0.264 e. The Labute approximate surface area is 153 Å². The zero-order valence-electron chi connectivity index (χ0n) is 16.0. The van der Waals surface area contributed by atoms with Crippen LogP contribution in [0.2, 0.25) is 0 Å². The van der Waals surface area contributed by atoms with Gasteiger partial charge in [-0.1, -0.05) is 18.6 Å². The standard InChI is InChI=1S/C21H34O3S/c1-4-15-6-10-20-19-8-5-14-13-16(24-25(3,22)23)7-9-17(14)18(19)11-12-21(15,20)2/h4,14,16-20H,5-13H2,1-3H3/t14-,16+,17+,18-,19-,20+,21-/m1/s1. The van der Waals surface area contributed by atoms with Gasteiger partial charge in [0.2, 0.25) is 0 Å². The average Bonchev–Trinajstić information content (AvgIpc) is 2.89. The van der Waals surface area contributed by atoms with Crippen molar-refractivity contribution in [1.82, 2.24) is 0 Å². The van der Waals surface area contributed by atoms with Crippen molar-refractivity contribution in [1.29, 1.82) is 0 Å². The van der Waals surface area contributed by atoms with Gasteiger partial charge in [0.15, 0.2) is 0 Å². The predicted molar refractivity (Wildman–Crippen MR) is 101 cm³/mol. The first-order chi connectivity index (χ1) is 11.8. The largest absolute Gasteiger partial charge is 0.267 e. The first-order valence-corrected chi connectivity index (χ1v) is 12.2. The van der Waals surface area contributed by atoms with Crippen molar-refractivity contribution >= 4 is 10.1 Å². The zero-order chi connectivity index (χ0) is 17.8. The maximum absolute atomic E-state index is 11.5. The molecule has 4 aliphatic rings. The van der Waals surface area contributed by atoms with E-state index in [0.717, 1.165) is 36.5 Å². The Morgan fingerprint density at radius 3 is 2.52 bits per heavy atom. The molecule has 0 bridgehead atoms. The Morgan fingerprint density at radius 1 is 1.04 bits per heavy atom. The molecule has 4 saturated carbocycles. The lowest BCUT2D eigenvalue weighted by Gasteiger charge is -2.55. The molecule has 0 saturated heterocycles. The van der Waals surface area contributed by atoms with Crippen LogP contribution in [0, 0.1) is 35.0 Å². The second kappa shape index (κ2) is 6.37. The summed E-state index contributed by atoms with van der Waals surface area (Å²) in [7, 11) is -3.32. The summed E-state index contributed by atoms with van der Waals surface area (Å²) in [5.41, 5.74) is 2.20. The molecule has 0 heterocycles. The summed E-state index contributed by atoms with van der Waals surface area (Å²) in [6, 6.07) is 0. The van der Waals surface area contributed by atoms with Crippen molar-refractivity contribution in [3.05, 3.63) is 11.6 Å². The smallest absolute Gasteiger partial charge is 0.264 e. The lowest BCUT2D eigenvalue weighted by Crippen LogP contribution is -2.48. The molecule has 0 aliphatic heterocycles. The molecule has 4 rings (SSSR count). The van der Waals surface area contributed by atoms with Gasteiger partial charge in [0.25, 0.3) is 10.1 Å². The highest BCUT2D eigenvalue weighted by Gasteiger charge is 2.55. The van der Waals surface area contributed by atoms with Crippen LogP contribution < -0.4 is 0 Å². The van der Waals surface area contributed by atoms with Crippen LogP contribution in [0.1, 0.15) is 71.6 Å². The van der Waals surface area contributed by atoms with Crippen LogP contribution in [0.3, 0.4) is 0 Å². The van der Waals surface area contributed by atoms with Gasteiger partial charge >= 0.3 is 0 Å². The van der Waals surface area contributed by atoms with Gasteiger partial charge in [-0.3, -0.25) is 4.18 Å². The van der Waals surface area contributed by atoms with Gasteiger partial charge in [-0.15, -0.1) is 0 Å². The van der Waals surface area contributed by atoms with Gasteiger partial charge in [-0.2, -0.15) is 8.42 Å². The summed E-state index contributed by atoms with van der Waals surface area (Å²) in [5, 5.41) is 0. The summed E-state index contributed by atoms with van der Waals surface area (Å²) < 4.78 is 28.3. The molecule has 0 radical (unpaired) electrons. The minimum atomic E-state index is -3.32. The van der Waals surface area contributed by atoms with E-state index in [0.29, 0.717) is 11.3 Å². The highest BCUT2D eigenvalue weighted by Crippen LogP contribution is 2.64. The zero-order valence-corrected chi connectivity index (χ0v) is 16.9. The summed E-state index contributed by atoms with van der Waals surface area (Å²) in [6.45, 7) is 4.77. The Balaban J connectivity index is 1.48. The third kappa shape index (κ3) is 3.12. The fraction of sp³-hybridized carbons (Fsp3) is 0.905. The van der Waals surface area contributed by atoms with Gasteiger partial charge in [0.1, 0.15) is 0 Å². The van der Waals surface area contributed by atoms with Crippen LogP contribution in [-0.2, 0) is 14.3 Å². The van der Waals surface area contributed by atoms with Crippen molar-refractivity contribution < 1.29 is 12.6 Å². The third-order valence-corrected chi connectivity index (χ3v) is 9.04. The summed E-state index contributed by atoms with van der Waals surface area (Å²) in [6.07, 6.45) is 14.7. The van der Waals surface area contributed by atoms with Gasteiger partial charge in [0, 0.05) is 0 Å². The number of rotatable bonds is 2. The Bertz CT molecular complexity index is 652. The number of allylic oxidation sites excluding steroid dienone is 2. The second-order valence-corrected chi connectivity index (χ2v) is 11.1. The summed E-state index contributed by atoms with van der Waals surface area (Å²) >= 11 is 0. The van der Waals surface area contributed by atoms with Gasteiger partial charge in [0.05, 0.1) is 12.4 Å². The molecule has 4 fully saturated rings. The number of fused-ring (bicyclic) bond motifs is 5. The monoisotopic (exact) mass is 366 g/mol. The molecule has 0 N–H and O–H groups in total. The van der Waals surface area contributed by atoms with E-state index in [2.05, 4.69) is 19.9 Å². The predicted octanol–water partition coefficient (Wildman–Crippen LogP) is 4.93. The van der Waals surface area contributed by atoms with E-state index in [-0.39, 0.29) is 6.10 Å². The summed E-state index contributed by atoms with van der Waals surface area (Å²) in [5.74, 6) is 4.19. The highest BCUT2D eigenvalue weighted by atomic mass is 32.2. The molecule has 0 amide bonds. The van der Waals surface area contributed by atoms with Crippen molar-refractivity contribution in [2.45, 2.75) is 77.7 Å². The molecule has 0 aromatic heterocycles. The maximum atomic E-state index is 11.5. The van der Waals surface area contributed by atoms with Crippen LogP contribution in [0.15, 0.2) is 11.6 Å². The van der Waals surface area contributed by atoms with E-state index in [1.54, 1.807) is 5.57 Å². The SMILES string of the molecule is CC=C1CC[C@H]2[C@@H]3CC[C@@H]4C[C@@H](OS(C)(=O)=O)CC[C@@H]4[C@H]3CC[C@]12C. The molecule has 4 aliphatic carbocycles. The van der Waals surface area contributed by atoms with Crippen LogP contribution >= 0.6 is 0 Å². The van der Waals surface area contributed by atoms with E-state index in [1.165, 1.54) is 51.2 Å². The Hall–Kier alpha value is -0.350. The molecular formula is C21H34O3S. The lowest BCUT2D eigenvalue weighted by molar-refractivity contribution is -0.0566. The van der Waals surface area contributed by atoms with Crippen LogP contribution in [0.4, 0.5) is 0 Å². The Kier molecular flexibility index (Phi) is 4.59. The molecular weight excluding hydrogens is 332 g/mol. The van der Waals surface area contributed by atoms with Gasteiger partial charge < -0.3 is 0 Å². The fourth-order valence-corrected chi connectivity index (χ4v) is 8.14. The molecule has 0 unspecified atom stereocenters. The van der Waals surface area contributed by atoms with Gasteiger partial charge in [-0.05, 0) is 99.7 Å². The quantitative estimate of drug-likeness (QED) is 0.514. The first kappa shape index (κ1) is 18.0. The third-order valence-electron chi connectivity index (χ3n) is 8.41. The van der Waals surface area contributed by atoms with E-state index >= 15 is 0 Å². The highest BCUT2D eigenvalue weighted by molar-refractivity contribution is 7.86. The van der Waals surface area contributed by atoms with Crippen molar-refractivity contribution in [3.8, 4) is 0 Å². The van der Waals surface area contributed by atoms with Crippen LogP contribution in [0.5, 0.6) is 0 Å². The average molecular weight is 367 g/mol.